The Kier molecular flexibility index (Phi) is 6.66. The number of ether oxygens (including phenoxy) is 1. The van der Waals surface area contributed by atoms with E-state index in [1.165, 1.54) is 4.31 Å². The van der Waals surface area contributed by atoms with Crippen LogP contribution in [0.1, 0.15) is 12.8 Å². The third kappa shape index (κ3) is 5.88. The zero-order chi connectivity index (χ0) is 20.9. The molecule has 0 radical (unpaired) electrons. The van der Waals surface area contributed by atoms with E-state index >= 15 is 0 Å². The number of carbonyl (C=O) groups excluding carboxylic acids is 2. The molecule has 1 fully saturated rings. The summed E-state index contributed by atoms with van der Waals surface area (Å²) < 4.78 is 29.5. The average Bonchev–Trinajstić information content (AvgIpc) is 2.73. The second-order valence-corrected chi connectivity index (χ2v) is 9.02. The van der Waals surface area contributed by atoms with Crippen LogP contribution in [0.2, 0.25) is 0 Å². The summed E-state index contributed by atoms with van der Waals surface area (Å²) in [4.78, 5) is 24.2. The Morgan fingerprint density at radius 2 is 1.59 bits per heavy atom. The van der Waals surface area contributed by atoms with Crippen LogP contribution in [0.15, 0.2) is 54.6 Å². The topological polar surface area (TPSA) is 92.8 Å². The fourth-order valence-electron chi connectivity index (χ4n) is 3.25. The highest BCUT2D eigenvalue weighted by molar-refractivity contribution is 7.88. The Morgan fingerprint density at radius 1 is 1.00 bits per heavy atom. The Balaban J connectivity index is 1.45. The number of anilines is 1. The van der Waals surface area contributed by atoms with Gasteiger partial charge in [0.1, 0.15) is 0 Å². The number of nitrogens with one attached hydrogen (secondary N) is 1. The molecule has 2 aromatic rings. The van der Waals surface area contributed by atoms with E-state index in [4.69, 9.17) is 4.74 Å². The van der Waals surface area contributed by atoms with Crippen molar-refractivity contribution in [2.75, 3.05) is 31.3 Å². The van der Waals surface area contributed by atoms with Crippen molar-refractivity contribution in [2.45, 2.75) is 12.8 Å². The van der Waals surface area contributed by atoms with Gasteiger partial charge in [-0.2, -0.15) is 0 Å². The molecule has 1 saturated heterocycles. The smallest absolute Gasteiger partial charge is 0.309 e. The van der Waals surface area contributed by atoms with Crippen LogP contribution >= 0.6 is 0 Å². The highest BCUT2D eigenvalue weighted by atomic mass is 32.2. The molecule has 0 bridgehead atoms. The van der Waals surface area contributed by atoms with Gasteiger partial charge in [-0.1, -0.05) is 42.5 Å². The van der Waals surface area contributed by atoms with Crippen LogP contribution in [0.25, 0.3) is 11.1 Å². The summed E-state index contributed by atoms with van der Waals surface area (Å²) in [6.07, 6.45) is 1.95. The quantitative estimate of drug-likeness (QED) is 0.731. The largest absolute Gasteiger partial charge is 0.455 e. The molecule has 7 nitrogen and oxygen atoms in total. The summed E-state index contributed by atoms with van der Waals surface area (Å²) >= 11 is 0. The summed E-state index contributed by atoms with van der Waals surface area (Å²) in [7, 11) is -3.24. The molecule has 0 unspecified atom stereocenters. The van der Waals surface area contributed by atoms with Gasteiger partial charge in [0.15, 0.2) is 6.61 Å². The number of hydrogen-bond donors (Lipinski definition) is 1. The average molecular weight is 416 g/mol. The van der Waals surface area contributed by atoms with Crippen molar-refractivity contribution in [3.05, 3.63) is 54.6 Å². The van der Waals surface area contributed by atoms with E-state index in [9.17, 15) is 18.0 Å². The van der Waals surface area contributed by atoms with E-state index in [0.717, 1.165) is 17.4 Å². The molecule has 3 rings (SSSR count). The van der Waals surface area contributed by atoms with Crippen LogP contribution in [-0.2, 0) is 24.3 Å². The number of esters is 1. The molecule has 154 valence electrons. The molecule has 29 heavy (non-hydrogen) atoms. The number of carbonyl (C=O) groups is 2. The number of sulfonamides is 1. The zero-order valence-electron chi connectivity index (χ0n) is 16.2. The maximum atomic E-state index is 12.1. The summed E-state index contributed by atoms with van der Waals surface area (Å²) in [5, 5.41) is 2.70. The Hall–Kier alpha value is -2.71. The van der Waals surface area contributed by atoms with Crippen molar-refractivity contribution >= 4 is 27.6 Å². The lowest BCUT2D eigenvalue weighted by Gasteiger charge is -2.28. The van der Waals surface area contributed by atoms with Gasteiger partial charge in [-0.25, -0.2) is 12.7 Å². The molecule has 8 heteroatoms. The molecule has 1 N–H and O–H groups in total. The third-order valence-corrected chi connectivity index (χ3v) is 6.18. The van der Waals surface area contributed by atoms with Gasteiger partial charge >= 0.3 is 5.97 Å². The summed E-state index contributed by atoms with van der Waals surface area (Å²) in [6, 6.07) is 17.3. The van der Waals surface area contributed by atoms with Crippen LogP contribution in [0.3, 0.4) is 0 Å². The predicted octanol–water partition coefficient (Wildman–Crippen LogP) is 2.51. The second-order valence-electron chi connectivity index (χ2n) is 7.04. The number of amides is 1. The molecule has 0 aromatic heterocycles. The standard InChI is InChI=1S/C21H24N2O5S/c1-29(26,27)23-13-11-18(12-14-23)21(25)28-15-20(24)22-19-9-7-17(8-10-19)16-5-3-2-4-6-16/h2-10,18H,11-15H2,1H3,(H,22,24). The van der Waals surface area contributed by atoms with E-state index in [1.807, 2.05) is 42.5 Å². The van der Waals surface area contributed by atoms with Gasteiger partial charge in [0.2, 0.25) is 10.0 Å². The summed E-state index contributed by atoms with van der Waals surface area (Å²) in [5.74, 6) is -1.27. The molecule has 2 aromatic carbocycles. The monoisotopic (exact) mass is 416 g/mol. The minimum Gasteiger partial charge on any atom is -0.455 e. The van der Waals surface area contributed by atoms with Gasteiger partial charge in [0.05, 0.1) is 12.2 Å². The maximum Gasteiger partial charge on any atom is 0.309 e. The highest BCUT2D eigenvalue weighted by Gasteiger charge is 2.30. The van der Waals surface area contributed by atoms with Crippen molar-refractivity contribution in [1.82, 2.24) is 4.31 Å². The van der Waals surface area contributed by atoms with Gasteiger partial charge in [0, 0.05) is 18.8 Å². The number of rotatable bonds is 6. The second kappa shape index (κ2) is 9.19. The third-order valence-electron chi connectivity index (χ3n) is 4.88. The first kappa shape index (κ1) is 21.0. The molecule has 0 saturated carbocycles. The van der Waals surface area contributed by atoms with Crippen molar-refractivity contribution in [3.8, 4) is 11.1 Å². The molecule has 1 heterocycles. The van der Waals surface area contributed by atoms with Crippen molar-refractivity contribution < 1.29 is 22.7 Å². The SMILES string of the molecule is CS(=O)(=O)N1CCC(C(=O)OCC(=O)Nc2ccc(-c3ccccc3)cc2)CC1. The lowest BCUT2D eigenvalue weighted by Crippen LogP contribution is -2.40. The minimum absolute atomic E-state index is 0.290. The predicted molar refractivity (Wildman–Crippen MR) is 111 cm³/mol. The van der Waals surface area contributed by atoms with E-state index in [1.54, 1.807) is 12.1 Å². The number of piperidine rings is 1. The van der Waals surface area contributed by atoms with Gasteiger partial charge < -0.3 is 10.1 Å². The molecule has 0 atom stereocenters. The lowest BCUT2D eigenvalue weighted by molar-refractivity contribution is -0.152. The van der Waals surface area contributed by atoms with Crippen LogP contribution in [0.4, 0.5) is 5.69 Å². The van der Waals surface area contributed by atoms with Gasteiger partial charge in [-0.05, 0) is 36.1 Å². The fraction of sp³-hybridized carbons (Fsp3) is 0.333. The molecular formula is C21H24N2O5S. The van der Waals surface area contributed by atoms with Crippen LogP contribution in [0.5, 0.6) is 0 Å². The molecular weight excluding hydrogens is 392 g/mol. The molecule has 1 aliphatic rings. The van der Waals surface area contributed by atoms with Crippen molar-refractivity contribution in [1.29, 1.82) is 0 Å². The Labute approximate surface area is 170 Å². The first-order valence-electron chi connectivity index (χ1n) is 9.40. The Morgan fingerprint density at radius 3 is 2.17 bits per heavy atom. The minimum atomic E-state index is -3.24. The molecule has 1 aliphatic heterocycles. The van der Waals surface area contributed by atoms with Crippen LogP contribution in [0, 0.1) is 5.92 Å². The normalized spacial score (nSPS) is 15.6. The zero-order valence-corrected chi connectivity index (χ0v) is 17.0. The van der Waals surface area contributed by atoms with Gasteiger partial charge in [-0.15, -0.1) is 0 Å². The number of hydrogen-bond acceptors (Lipinski definition) is 5. The highest BCUT2D eigenvalue weighted by Crippen LogP contribution is 2.22. The van der Waals surface area contributed by atoms with E-state index in [0.29, 0.717) is 31.6 Å². The number of benzene rings is 2. The first-order chi connectivity index (χ1) is 13.8. The van der Waals surface area contributed by atoms with Gasteiger partial charge in [0.25, 0.3) is 5.91 Å². The molecule has 1 amide bonds. The van der Waals surface area contributed by atoms with E-state index in [2.05, 4.69) is 5.32 Å². The fourth-order valence-corrected chi connectivity index (χ4v) is 4.13. The van der Waals surface area contributed by atoms with Crippen molar-refractivity contribution in [3.63, 3.8) is 0 Å². The van der Waals surface area contributed by atoms with E-state index < -0.39 is 21.9 Å². The van der Waals surface area contributed by atoms with Gasteiger partial charge in [-0.3, -0.25) is 9.59 Å². The lowest BCUT2D eigenvalue weighted by atomic mass is 9.98. The molecule has 0 aliphatic carbocycles. The van der Waals surface area contributed by atoms with Crippen molar-refractivity contribution in [2.24, 2.45) is 5.92 Å². The number of nitrogens with zero attached hydrogens (tertiary/aromatic N) is 1. The van der Waals surface area contributed by atoms with E-state index in [-0.39, 0.29) is 12.5 Å². The maximum absolute atomic E-state index is 12.1. The van der Waals surface area contributed by atoms with Crippen LogP contribution < -0.4 is 5.32 Å². The van der Waals surface area contributed by atoms with Crippen LogP contribution in [-0.4, -0.2) is 50.6 Å². The summed E-state index contributed by atoms with van der Waals surface area (Å²) in [5.41, 5.74) is 2.74. The first-order valence-corrected chi connectivity index (χ1v) is 11.2. The molecule has 0 spiro atoms. The Bertz CT molecular complexity index is 950. The summed E-state index contributed by atoms with van der Waals surface area (Å²) in [6.45, 7) is 0.211.